The number of hydrogen-bond donors (Lipinski definition) is 1. The van der Waals surface area contributed by atoms with Crippen LogP contribution in [0.4, 0.5) is 0 Å². The van der Waals surface area contributed by atoms with Gasteiger partial charge in [-0.3, -0.25) is 9.59 Å². The summed E-state index contributed by atoms with van der Waals surface area (Å²) in [6, 6.07) is 0. The first-order valence-corrected chi connectivity index (χ1v) is 20.8. The second kappa shape index (κ2) is 39.3. The minimum atomic E-state index is -0.144. The second-order valence-electron chi connectivity index (χ2n) is 14.1. The van der Waals surface area contributed by atoms with Crippen molar-refractivity contribution in [3.05, 3.63) is 0 Å². The number of unbranched alkanes of at least 4 members (excludes halogenated alkanes) is 26. The van der Waals surface area contributed by atoms with Crippen molar-refractivity contribution in [3.63, 3.8) is 0 Å². The molecule has 0 heterocycles. The normalized spacial score (nSPS) is 11.4. The summed E-state index contributed by atoms with van der Waals surface area (Å²) in [5, 5.41) is 9.10. The summed E-state index contributed by atoms with van der Waals surface area (Å²) < 4.78 is 11.0. The molecule has 0 unspecified atom stereocenters. The maximum Gasteiger partial charge on any atom is 0.307 e. The molecule has 0 aliphatic rings. The summed E-state index contributed by atoms with van der Waals surface area (Å²) in [5.74, 6) is -0.288. The predicted octanol–water partition coefficient (Wildman–Crippen LogP) is 11.5. The number of nitrogens with zero attached hydrogens (tertiary/aromatic N) is 1. The molecule has 6 nitrogen and oxygen atoms in total. The van der Waals surface area contributed by atoms with E-state index in [1.807, 2.05) is 0 Å². The number of carbonyl (C=O) groups excluding carboxylic acids is 2. The van der Waals surface area contributed by atoms with Crippen LogP contribution in [0.1, 0.15) is 213 Å². The summed E-state index contributed by atoms with van der Waals surface area (Å²) in [6.45, 7) is 7.79. The summed E-state index contributed by atoms with van der Waals surface area (Å²) in [7, 11) is 0. The second-order valence-corrected chi connectivity index (χ2v) is 14.1. The van der Waals surface area contributed by atoms with Crippen LogP contribution >= 0.6 is 0 Å². The molecule has 0 radical (unpaired) electrons. The van der Waals surface area contributed by atoms with Gasteiger partial charge in [0.15, 0.2) is 0 Å². The van der Waals surface area contributed by atoms with Crippen LogP contribution < -0.4 is 0 Å². The van der Waals surface area contributed by atoms with Crippen LogP contribution in [-0.2, 0) is 19.1 Å². The SMILES string of the molecule is CCCCCCCCCCCCCCCOC(=O)CCN(CCCCCO)CCC(=O)OCCCCCCCCCCCCCCC. The van der Waals surface area contributed by atoms with Crippen LogP contribution in [0.3, 0.4) is 0 Å². The lowest BCUT2D eigenvalue weighted by Gasteiger charge is -2.21. The first-order chi connectivity index (χ1) is 23.1. The van der Waals surface area contributed by atoms with Crippen molar-refractivity contribution in [1.82, 2.24) is 4.90 Å². The average molecular weight is 668 g/mol. The van der Waals surface area contributed by atoms with Crippen molar-refractivity contribution in [3.8, 4) is 0 Å². The van der Waals surface area contributed by atoms with Gasteiger partial charge in [-0.25, -0.2) is 0 Å². The molecule has 0 atom stereocenters. The molecule has 0 spiro atoms. The summed E-state index contributed by atoms with van der Waals surface area (Å²) in [4.78, 5) is 26.9. The smallest absolute Gasteiger partial charge is 0.307 e. The number of aliphatic hydroxyl groups excluding tert-OH is 1. The third-order valence-electron chi connectivity index (χ3n) is 9.42. The van der Waals surface area contributed by atoms with Gasteiger partial charge >= 0.3 is 11.9 Å². The van der Waals surface area contributed by atoms with E-state index in [0.29, 0.717) is 39.1 Å². The molecule has 0 aliphatic heterocycles. The zero-order chi connectivity index (χ0) is 34.3. The Balaban J connectivity index is 3.84. The molecule has 1 N–H and O–H groups in total. The minimum absolute atomic E-state index is 0.144. The molecule has 6 heteroatoms. The van der Waals surface area contributed by atoms with Crippen LogP contribution in [0.15, 0.2) is 0 Å². The highest BCUT2D eigenvalue weighted by Gasteiger charge is 2.12. The van der Waals surface area contributed by atoms with E-state index in [4.69, 9.17) is 14.6 Å². The fourth-order valence-corrected chi connectivity index (χ4v) is 6.21. The first-order valence-electron chi connectivity index (χ1n) is 20.8. The van der Waals surface area contributed by atoms with Crippen molar-refractivity contribution in [2.45, 2.75) is 213 Å². The zero-order valence-electron chi connectivity index (χ0n) is 31.7. The van der Waals surface area contributed by atoms with Gasteiger partial charge in [0.05, 0.1) is 26.1 Å². The standard InChI is InChI=1S/C41H81NO5/c1-3-5-7-9-11-13-15-17-19-21-23-25-30-38-46-40(44)32-35-42(34-28-27-29-37-43)36-33-41(45)47-39-31-26-24-22-20-18-16-14-12-10-8-6-4-2/h43H,3-39H2,1-2H3. The molecule has 47 heavy (non-hydrogen) atoms. The third-order valence-corrected chi connectivity index (χ3v) is 9.42. The highest BCUT2D eigenvalue weighted by atomic mass is 16.5. The van der Waals surface area contributed by atoms with Crippen LogP contribution in [0.2, 0.25) is 0 Å². The highest BCUT2D eigenvalue weighted by molar-refractivity contribution is 5.70. The molecule has 0 amide bonds. The molecule has 0 fully saturated rings. The summed E-state index contributed by atoms with van der Waals surface area (Å²) in [5.41, 5.74) is 0. The van der Waals surface area contributed by atoms with E-state index >= 15 is 0 Å². The number of hydrogen-bond acceptors (Lipinski definition) is 6. The summed E-state index contributed by atoms with van der Waals surface area (Å²) >= 11 is 0. The fourth-order valence-electron chi connectivity index (χ4n) is 6.21. The molecule has 0 bridgehead atoms. The lowest BCUT2D eigenvalue weighted by atomic mass is 10.0. The first kappa shape index (κ1) is 45.9. The lowest BCUT2D eigenvalue weighted by Crippen LogP contribution is -2.30. The van der Waals surface area contributed by atoms with Crippen molar-refractivity contribution in [2.24, 2.45) is 0 Å². The van der Waals surface area contributed by atoms with Gasteiger partial charge in [-0.1, -0.05) is 168 Å². The van der Waals surface area contributed by atoms with Gasteiger partial charge in [-0.05, 0) is 38.6 Å². The van der Waals surface area contributed by atoms with E-state index in [1.165, 1.54) is 141 Å². The monoisotopic (exact) mass is 668 g/mol. The molecular formula is C41H81NO5. The molecule has 0 aromatic rings. The molecule has 0 aromatic carbocycles. The van der Waals surface area contributed by atoms with Gasteiger partial charge in [0.1, 0.15) is 0 Å². The Morgan fingerprint density at radius 3 is 1.02 bits per heavy atom. The third kappa shape index (κ3) is 37.5. The van der Waals surface area contributed by atoms with Crippen LogP contribution in [0, 0.1) is 0 Å². The van der Waals surface area contributed by atoms with E-state index in [0.717, 1.165) is 51.5 Å². The van der Waals surface area contributed by atoms with E-state index in [2.05, 4.69) is 18.7 Å². The Kier molecular flexibility index (Phi) is 38.3. The maximum atomic E-state index is 12.4. The Morgan fingerprint density at radius 1 is 0.404 bits per heavy atom. The number of esters is 2. The lowest BCUT2D eigenvalue weighted by molar-refractivity contribution is -0.144. The van der Waals surface area contributed by atoms with Gasteiger partial charge in [0, 0.05) is 19.7 Å². The molecule has 280 valence electrons. The number of aliphatic hydroxyl groups is 1. The number of carbonyl (C=O) groups is 2. The van der Waals surface area contributed by atoms with Gasteiger partial charge in [0.25, 0.3) is 0 Å². The molecule has 0 saturated carbocycles. The van der Waals surface area contributed by atoms with Gasteiger partial charge < -0.3 is 19.5 Å². The van der Waals surface area contributed by atoms with Crippen LogP contribution in [0.25, 0.3) is 0 Å². The molecule has 0 saturated heterocycles. The zero-order valence-corrected chi connectivity index (χ0v) is 31.7. The van der Waals surface area contributed by atoms with Crippen molar-refractivity contribution in [2.75, 3.05) is 39.5 Å². The Bertz CT molecular complexity index is 595. The quantitative estimate of drug-likeness (QED) is 0.0519. The molecular weight excluding hydrogens is 586 g/mol. The maximum absolute atomic E-state index is 12.4. The largest absolute Gasteiger partial charge is 0.466 e. The number of rotatable bonds is 39. The van der Waals surface area contributed by atoms with Gasteiger partial charge in [0.2, 0.25) is 0 Å². The molecule has 0 rings (SSSR count). The van der Waals surface area contributed by atoms with E-state index in [-0.39, 0.29) is 18.5 Å². The highest BCUT2D eigenvalue weighted by Crippen LogP contribution is 2.14. The Morgan fingerprint density at radius 2 is 0.702 bits per heavy atom. The van der Waals surface area contributed by atoms with Crippen molar-refractivity contribution in [1.29, 1.82) is 0 Å². The van der Waals surface area contributed by atoms with Gasteiger partial charge in [-0.2, -0.15) is 0 Å². The number of ether oxygens (including phenoxy) is 2. The average Bonchev–Trinajstić information content (AvgIpc) is 3.07. The van der Waals surface area contributed by atoms with E-state index < -0.39 is 0 Å². The van der Waals surface area contributed by atoms with E-state index in [9.17, 15) is 9.59 Å². The van der Waals surface area contributed by atoms with Gasteiger partial charge in [-0.15, -0.1) is 0 Å². The molecule has 0 aliphatic carbocycles. The minimum Gasteiger partial charge on any atom is -0.466 e. The molecule has 0 aromatic heterocycles. The summed E-state index contributed by atoms with van der Waals surface area (Å²) in [6.07, 6.45) is 37.3. The van der Waals surface area contributed by atoms with Crippen LogP contribution in [-0.4, -0.2) is 61.4 Å². The van der Waals surface area contributed by atoms with Crippen molar-refractivity contribution >= 4 is 11.9 Å². The Labute approximate surface area is 292 Å². The van der Waals surface area contributed by atoms with E-state index in [1.54, 1.807) is 0 Å². The topological polar surface area (TPSA) is 76.1 Å². The van der Waals surface area contributed by atoms with Crippen LogP contribution in [0.5, 0.6) is 0 Å². The fraction of sp³-hybridized carbons (Fsp3) is 0.951. The predicted molar refractivity (Wildman–Crippen MR) is 200 cm³/mol. The van der Waals surface area contributed by atoms with Crippen molar-refractivity contribution < 1.29 is 24.2 Å². The Hall–Kier alpha value is -1.14.